The zero-order chi connectivity index (χ0) is 14.7. The minimum absolute atomic E-state index is 0.00572. The lowest BCUT2D eigenvalue weighted by molar-refractivity contribution is 0.567. The van der Waals surface area contributed by atoms with Crippen molar-refractivity contribution in [3.63, 3.8) is 0 Å². The highest BCUT2D eigenvalue weighted by atomic mass is 79.9. The molecule has 0 amide bonds. The maximum absolute atomic E-state index is 13.4. The fourth-order valence-electron chi connectivity index (χ4n) is 1.98. The van der Waals surface area contributed by atoms with Gasteiger partial charge in [0, 0.05) is 19.6 Å². The summed E-state index contributed by atoms with van der Waals surface area (Å²) >= 11 is 10.2. The first kappa shape index (κ1) is 16.1. The summed E-state index contributed by atoms with van der Waals surface area (Å²) in [5.74, 6) is -0.243. The van der Waals surface area contributed by atoms with Crippen LogP contribution in [-0.2, 0) is 6.42 Å². The van der Waals surface area contributed by atoms with Crippen LogP contribution in [0.4, 0.5) is 4.39 Å². The van der Waals surface area contributed by atoms with E-state index < -0.39 is 0 Å². The van der Waals surface area contributed by atoms with Crippen LogP contribution < -0.4 is 5.32 Å². The van der Waals surface area contributed by atoms with Crippen LogP contribution in [0.1, 0.15) is 17.3 Å². The summed E-state index contributed by atoms with van der Waals surface area (Å²) in [6, 6.07) is 6.87. The molecule has 1 aromatic carbocycles. The predicted molar refractivity (Wildman–Crippen MR) is 89.2 cm³/mol. The number of likely N-dealkylation sites (N-methyl/N-ethyl adjacent to an activating group) is 1. The molecule has 2 rings (SSSR count). The molecule has 2 aromatic rings. The molecule has 2 nitrogen and oxygen atoms in total. The fourth-order valence-corrected chi connectivity index (χ4v) is 3.76. The van der Waals surface area contributed by atoms with E-state index in [0.29, 0.717) is 6.42 Å². The molecule has 1 N–H and O–H groups in total. The van der Waals surface area contributed by atoms with Crippen LogP contribution in [-0.4, -0.2) is 12.0 Å². The van der Waals surface area contributed by atoms with E-state index in [1.54, 1.807) is 12.3 Å². The number of pyridine rings is 1. The lowest BCUT2D eigenvalue weighted by atomic mass is 10.0. The smallest absolute Gasteiger partial charge is 0.124 e. The minimum Gasteiger partial charge on any atom is -0.311 e. The van der Waals surface area contributed by atoms with Crippen LogP contribution in [0, 0.1) is 5.82 Å². The number of halogens is 4. The van der Waals surface area contributed by atoms with Crippen LogP contribution >= 0.6 is 47.8 Å². The predicted octanol–water partition coefficient (Wildman–Crippen LogP) is 5.01. The molecule has 1 atom stereocenters. The third-order valence-electron chi connectivity index (χ3n) is 2.88. The van der Waals surface area contributed by atoms with Crippen molar-refractivity contribution in [1.82, 2.24) is 10.3 Å². The van der Waals surface area contributed by atoms with Crippen LogP contribution in [0.2, 0.25) is 0 Å². The van der Waals surface area contributed by atoms with Gasteiger partial charge in [-0.05, 0) is 75.2 Å². The Kier molecular flexibility index (Phi) is 5.72. The van der Waals surface area contributed by atoms with E-state index in [2.05, 4.69) is 58.1 Å². The normalized spacial score (nSPS) is 12.4. The molecular weight excluding hydrogens is 455 g/mol. The Morgan fingerprint density at radius 1 is 1.15 bits per heavy atom. The maximum atomic E-state index is 13.4. The van der Waals surface area contributed by atoms with E-state index >= 15 is 0 Å². The second-order valence-electron chi connectivity index (χ2n) is 4.34. The van der Waals surface area contributed by atoms with Gasteiger partial charge in [-0.2, -0.15) is 0 Å². The van der Waals surface area contributed by atoms with Crippen LogP contribution in [0.25, 0.3) is 0 Å². The van der Waals surface area contributed by atoms with Crippen molar-refractivity contribution in [3.05, 3.63) is 61.0 Å². The number of nitrogens with one attached hydrogen (secondary N) is 1. The molecule has 0 saturated carbocycles. The van der Waals surface area contributed by atoms with Gasteiger partial charge in [0.05, 0.1) is 11.7 Å². The van der Waals surface area contributed by atoms with Crippen molar-refractivity contribution in [2.75, 3.05) is 7.05 Å². The van der Waals surface area contributed by atoms with Crippen LogP contribution in [0.15, 0.2) is 43.9 Å². The molecule has 0 fully saturated rings. The summed E-state index contributed by atoms with van der Waals surface area (Å²) in [4.78, 5) is 4.43. The Balaban J connectivity index is 2.28. The molecule has 0 aliphatic carbocycles. The monoisotopic (exact) mass is 464 g/mol. The fraction of sp³-hybridized carbons (Fsp3) is 0.214. The summed E-state index contributed by atoms with van der Waals surface area (Å²) in [7, 11) is 1.87. The topological polar surface area (TPSA) is 24.9 Å². The summed E-state index contributed by atoms with van der Waals surface area (Å²) in [6.45, 7) is 0. The van der Waals surface area contributed by atoms with Gasteiger partial charge < -0.3 is 5.32 Å². The van der Waals surface area contributed by atoms with E-state index in [1.165, 1.54) is 6.07 Å². The van der Waals surface area contributed by atoms with E-state index in [0.717, 1.165) is 24.7 Å². The Morgan fingerprint density at radius 3 is 2.50 bits per heavy atom. The molecule has 0 aliphatic heterocycles. The van der Waals surface area contributed by atoms with Gasteiger partial charge in [-0.1, -0.05) is 15.9 Å². The quantitative estimate of drug-likeness (QED) is 0.685. The summed E-state index contributed by atoms with van der Waals surface area (Å²) in [5, 5.41) is 3.22. The van der Waals surface area contributed by atoms with Crippen molar-refractivity contribution >= 4 is 47.8 Å². The van der Waals surface area contributed by atoms with Gasteiger partial charge in [-0.25, -0.2) is 4.39 Å². The highest BCUT2D eigenvalue weighted by molar-refractivity contribution is 9.11. The zero-order valence-electron chi connectivity index (χ0n) is 10.6. The zero-order valence-corrected chi connectivity index (χ0v) is 15.4. The second-order valence-corrected chi connectivity index (χ2v) is 7.03. The van der Waals surface area contributed by atoms with Crippen molar-refractivity contribution < 1.29 is 4.39 Å². The van der Waals surface area contributed by atoms with Gasteiger partial charge in [0.1, 0.15) is 5.82 Å². The molecule has 1 unspecified atom stereocenters. The number of benzene rings is 1. The molecule has 0 radical (unpaired) electrons. The van der Waals surface area contributed by atoms with Gasteiger partial charge in [0.15, 0.2) is 0 Å². The summed E-state index contributed by atoms with van der Waals surface area (Å²) in [5.41, 5.74) is 1.81. The first-order valence-electron chi connectivity index (χ1n) is 5.92. The molecule has 0 spiro atoms. The van der Waals surface area contributed by atoms with Crippen LogP contribution in [0.3, 0.4) is 0 Å². The first-order chi connectivity index (χ1) is 9.49. The number of aromatic nitrogens is 1. The van der Waals surface area contributed by atoms with Gasteiger partial charge in [0.25, 0.3) is 0 Å². The second kappa shape index (κ2) is 7.11. The highest BCUT2D eigenvalue weighted by Crippen LogP contribution is 2.27. The summed E-state index contributed by atoms with van der Waals surface area (Å²) < 4.78 is 16.0. The van der Waals surface area contributed by atoms with Gasteiger partial charge in [0.2, 0.25) is 0 Å². The number of hydrogen-bond donors (Lipinski definition) is 1. The Bertz CT molecular complexity index is 599. The molecule has 1 aromatic heterocycles. The first-order valence-corrected chi connectivity index (χ1v) is 8.30. The van der Waals surface area contributed by atoms with Gasteiger partial charge in [-0.15, -0.1) is 0 Å². The highest BCUT2D eigenvalue weighted by Gasteiger charge is 2.16. The molecule has 0 bridgehead atoms. The van der Waals surface area contributed by atoms with Gasteiger partial charge >= 0.3 is 0 Å². The molecule has 6 heteroatoms. The molecule has 0 saturated heterocycles. The Morgan fingerprint density at radius 2 is 1.90 bits per heavy atom. The van der Waals surface area contributed by atoms with E-state index in [-0.39, 0.29) is 11.9 Å². The molecule has 106 valence electrons. The lowest BCUT2D eigenvalue weighted by Crippen LogP contribution is -2.20. The van der Waals surface area contributed by atoms with Gasteiger partial charge in [-0.3, -0.25) is 4.98 Å². The van der Waals surface area contributed by atoms with E-state index in [4.69, 9.17) is 0 Å². The Labute approximate surface area is 142 Å². The number of nitrogens with zero attached hydrogens (tertiary/aromatic N) is 1. The molecule has 1 heterocycles. The number of rotatable bonds is 4. The van der Waals surface area contributed by atoms with Crippen molar-refractivity contribution in [1.29, 1.82) is 0 Å². The van der Waals surface area contributed by atoms with E-state index in [9.17, 15) is 4.39 Å². The lowest BCUT2D eigenvalue weighted by Gasteiger charge is -2.17. The largest absolute Gasteiger partial charge is 0.311 e. The SMILES string of the molecule is CNC(Cc1cc(F)cc(Br)c1)c1ncc(Br)cc1Br. The Hall–Kier alpha value is -0.300. The molecule has 20 heavy (non-hydrogen) atoms. The third kappa shape index (κ3) is 4.10. The maximum Gasteiger partial charge on any atom is 0.124 e. The van der Waals surface area contributed by atoms with Crippen LogP contribution in [0.5, 0.6) is 0 Å². The van der Waals surface area contributed by atoms with E-state index in [1.807, 2.05) is 19.2 Å². The third-order valence-corrected chi connectivity index (χ3v) is 4.40. The standard InChI is InChI=1S/C14H12Br3FN2/c1-19-13(14-12(17)6-10(16)7-20-14)4-8-2-9(15)5-11(18)3-8/h2-3,5-7,13,19H,4H2,1H3. The average Bonchev–Trinajstić information content (AvgIpc) is 2.35. The summed E-state index contributed by atoms with van der Waals surface area (Å²) in [6.07, 6.45) is 2.41. The number of hydrogen-bond acceptors (Lipinski definition) is 2. The van der Waals surface area contributed by atoms with Crippen molar-refractivity contribution in [2.45, 2.75) is 12.5 Å². The average molecular weight is 467 g/mol. The molecule has 0 aliphatic rings. The molecular formula is C14H12Br3FN2. The van der Waals surface area contributed by atoms with Crippen molar-refractivity contribution in [3.8, 4) is 0 Å². The minimum atomic E-state index is -0.243. The van der Waals surface area contributed by atoms with Crippen molar-refractivity contribution in [2.24, 2.45) is 0 Å².